The minimum Gasteiger partial charge on any atom is -0.356 e. The standard InChI is InChI=1S/C25H33N3O/c1-5-9-24(29)26-17-8-12-23-27-21-10-6-7-11-22(21)28(23)18-19-13-15-20(16-14-19)25(2,3)4/h6-7,10-11,13-16H,5,8-9,12,17-18H2,1-4H3,(H,26,29). The maximum Gasteiger partial charge on any atom is 0.219 e. The van der Waals surface area contributed by atoms with E-state index in [1.165, 1.54) is 11.1 Å². The number of amides is 1. The number of carbonyl (C=O) groups excluding carboxylic acids is 1. The lowest BCUT2D eigenvalue weighted by Crippen LogP contribution is -2.24. The van der Waals surface area contributed by atoms with Crippen molar-refractivity contribution >= 4 is 16.9 Å². The molecule has 0 fully saturated rings. The minimum atomic E-state index is 0.139. The first-order chi connectivity index (χ1) is 13.9. The monoisotopic (exact) mass is 391 g/mol. The molecule has 154 valence electrons. The molecule has 1 aromatic heterocycles. The zero-order valence-corrected chi connectivity index (χ0v) is 18.2. The fourth-order valence-electron chi connectivity index (χ4n) is 3.58. The Morgan fingerprint density at radius 3 is 2.48 bits per heavy atom. The summed E-state index contributed by atoms with van der Waals surface area (Å²) in [6, 6.07) is 17.2. The van der Waals surface area contributed by atoms with E-state index in [-0.39, 0.29) is 11.3 Å². The molecule has 0 aliphatic carbocycles. The zero-order chi connectivity index (χ0) is 20.9. The molecule has 3 aromatic rings. The molecule has 0 spiro atoms. The van der Waals surface area contributed by atoms with E-state index in [1.807, 2.05) is 13.0 Å². The van der Waals surface area contributed by atoms with E-state index in [2.05, 4.69) is 73.1 Å². The van der Waals surface area contributed by atoms with Crippen molar-refractivity contribution in [2.24, 2.45) is 0 Å². The SMILES string of the molecule is CCCC(=O)NCCCc1nc2ccccc2n1Cc1ccc(C(C)(C)C)cc1. The second kappa shape index (κ2) is 9.25. The Hall–Kier alpha value is -2.62. The number of fused-ring (bicyclic) bond motifs is 1. The lowest BCUT2D eigenvalue weighted by Gasteiger charge is -2.19. The molecule has 0 atom stereocenters. The summed E-state index contributed by atoms with van der Waals surface area (Å²) in [5.41, 5.74) is 4.98. The summed E-state index contributed by atoms with van der Waals surface area (Å²) in [7, 11) is 0. The Balaban J connectivity index is 1.75. The molecule has 1 heterocycles. The highest BCUT2D eigenvalue weighted by molar-refractivity contribution is 5.76. The van der Waals surface area contributed by atoms with Gasteiger partial charge in [-0.3, -0.25) is 4.79 Å². The van der Waals surface area contributed by atoms with Crippen molar-refractivity contribution < 1.29 is 4.79 Å². The number of aryl methyl sites for hydroxylation is 1. The summed E-state index contributed by atoms with van der Waals surface area (Å²) < 4.78 is 2.31. The molecule has 0 aliphatic heterocycles. The molecular weight excluding hydrogens is 358 g/mol. The van der Waals surface area contributed by atoms with E-state index >= 15 is 0 Å². The lowest BCUT2D eigenvalue weighted by molar-refractivity contribution is -0.121. The summed E-state index contributed by atoms with van der Waals surface area (Å²) >= 11 is 0. The van der Waals surface area contributed by atoms with Gasteiger partial charge in [0.2, 0.25) is 5.91 Å². The van der Waals surface area contributed by atoms with E-state index < -0.39 is 0 Å². The van der Waals surface area contributed by atoms with E-state index in [0.29, 0.717) is 13.0 Å². The second-order valence-electron chi connectivity index (χ2n) is 8.75. The molecule has 0 radical (unpaired) electrons. The quantitative estimate of drug-likeness (QED) is 0.534. The van der Waals surface area contributed by atoms with Crippen molar-refractivity contribution in [1.82, 2.24) is 14.9 Å². The van der Waals surface area contributed by atoms with E-state index in [0.717, 1.165) is 42.7 Å². The van der Waals surface area contributed by atoms with Crippen LogP contribution in [0.25, 0.3) is 11.0 Å². The summed E-state index contributed by atoms with van der Waals surface area (Å²) in [6.07, 6.45) is 3.22. The number of nitrogens with zero attached hydrogens (tertiary/aromatic N) is 2. The molecule has 0 saturated carbocycles. The van der Waals surface area contributed by atoms with Crippen LogP contribution in [0.5, 0.6) is 0 Å². The van der Waals surface area contributed by atoms with Crippen LogP contribution in [-0.2, 0) is 23.2 Å². The molecule has 0 unspecified atom stereocenters. The van der Waals surface area contributed by atoms with Gasteiger partial charge in [-0.25, -0.2) is 4.98 Å². The van der Waals surface area contributed by atoms with Crippen LogP contribution in [0.2, 0.25) is 0 Å². The lowest BCUT2D eigenvalue weighted by atomic mass is 9.87. The third kappa shape index (κ3) is 5.47. The maximum absolute atomic E-state index is 11.7. The highest BCUT2D eigenvalue weighted by Crippen LogP contribution is 2.24. The van der Waals surface area contributed by atoms with Crippen LogP contribution in [0.1, 0.15) is 63.9 Å². The fourth-order valence-corrected chi connectivity index (χ4v) is 3.58. The van der Waals surface area contributed by atoms with Gasteiger partial charge in [0.05, 0.1) is 11.0 Å². The van der Waals surface area contributed by atoms with Gasteiger partial charge in [0, 0.05) is 25.9 Å². The van der Waals surface area contributed by atoms with Crippen molar-refractivity contribution in [3.63, 3.8) is 0 Å². The van der Waals surface area contributed by atoms with Gasteiger partial charge in [-0.1, -0.05) is 64.1 Å². The molecule has 1 N–H and O–H groups in total. The molecule has 0 aliphatic rings. The fraction of sp³-hybridized carbons (Fsp3) is 0.440. The topological polar surface area (TPSA) is 46.9 Å². The van der Waals surface area contributed by atoms with Gasteiger partial charge >= 0.3 is 0 Å². The first kappa shape index (κ1) is 21.1. The molecule has 0 bridgehead atoms. The van der Waals surface area contributed by atoms with Gasteiger partial charge in [0.15, 0.2) is 0 Å². The third-order valence-corrected chi connectivity index (χ3v) is 5.27. The predicted molar refractivity (Wildman–Crippen MR) is 120 cm³/mol. The molecule has 0 saturated heterocycles. The highest BCUT2D eigenvalue weighted by atomic mass is 16.1. The van der Waals surface area contributed by atoms with Gasteiger partial charge in [0.1, 0.15) is 5.82 Å². The van der Waals surface area contributed by atoms with Gasteiger partial charge in [-0.15, -0.1) is 0 Å². The Labute approximate surface area is 174 Å². The number of carbonyl (C=O) groups is 1. The Morgan fingerprint density at radius 2 is 1.79 bits per heavy atom. The van der Waals surface area contributed by atoms with Gasteiger partial charge < -0.3 is 9.88 Å². The first-order valence-electron chi connectivity index (χ1n) is 10.7. The molecule has 1 amide bonds. The summed E-state index contributed by atoms with van der Waals surface area (Å²) in [6.45, 7) is 10.2. The van der Waals surface area contributed by atoms with E-state index in [1.54, 1.807) is 0 Å². The number of benzene rings is 2. The number of aromatic nitrogens is 2. The van der Waals surface area contributed by atoms with Crippen molar-refractivity contribution in [2.75, 3.05) is 6.54 Å². The molecule has 2 aromatic carbocycles. The van der Waals surface area contributed by atoms with Crippen LogP contribution < -0.4 is 5.32 Å². The van der Waals surface area contributed by atoms with Crippen molar-refractivity contribution in [3.05, 3.63) is 65.5 Å². The van der Waals surface area contributed by atoms with Crippen molar-refractivity contribution in [3.8, 4) is 0 Å². The van der Waals surface area contributed by atoms with Gasteiger partial charge in [0.25, 0.3) is 0 Å². The van der Waals surface area contributed by atoms with E-state index in [9.17, 15) is 4.79 Å². The molecule has 3 rings (SSSR count). The average molecular weight is 392 g/mol. The normalized spacial score (nSPS) is 11.7. The number of hydrogen-bond acceptors (Lipinski definition) is 2. The van der Waals surface area contributed by atoms with Crippen LogP contribution >= 0.6 is 0 Å². The van der Waals surface area contributed by atoms with Crippen LogP contribution in [0.4, 0.5) is 0 Å². The molecule has 4 nitrogen and oxygen atoms in total. The Kier molecular flexibility index (Phi) is 6.73. The smallest absolute Gasteiger partial charge is 0.219 e. The summed E-state index contributed by atoms with van der Waals surface area (Å²) in [5, 5.41) is 3.00. The first-order valence-corrected chi connectivity index (χ1v) is 10.7. The number of nitrogens with one attached hydrogen (secondary N) is 1. The second-order valence-corrected chi connectivity index (χ2v) is 8.75. The van der Waals surface area contributed by atoms with Crippen molar-refractivity contribution in [1.29, 1.82) is 0 Å². The number of rotatable bonds is 8. The third-order valence-electron chi connectivity index (χ3n) is 5.27. The molecule has 29 heavy (non-hydrogen) atoms. The van der Waals surface area contributed by atoms with Crippen LogP contribution in [-0.4, -0.2) is 22.0 Å². The maximum atomic E-state index is 11.7. The number of hydrogen-bond donors (Lipinski definition) is 1. The number of imidazole rings is 1. The van der Waals surface area contributed by atoms with Gasteiger partial charge in [-0.2, -0.15) is 0 Å². The zero-order valence-electron chi connectivity index (χ0n) is 18.2. The molecule has 4 heteroatoms. The minimum absolute atomic E-state index is 0.139. The van der Waals surface area contributed by atoms with Crippen LogP contribution in [0.3, 0.4) is 0 Å². The highest BCUT2D eigenvalue weighted by Gasteiger charge is 2.14. The number of para-hydroxylation sites is 2. The average Bonchev–Trinajstić information content (AvgIpc) is 3.03. The van der Waals surface area contributed by atoms with Crippen LogP contribution in [0.15, 0.2) is 48.5 Å². The molecular formula is C25H33N3O. The Bertz CT molecular complexity index is 948. The van der Waals surface area contributed by atoms with Gasteiger partial charge in [-0.05, 0) is 41.5 Å². The van der Waals surface area contributed by atoms with Crippen LogP contribution in [0, 0.1) is 0 Å². The van der Waals surface area contributed by atoms with E-state index in [4.69, 9.17) is 4.98 Å². The Morgan fingerprint density at radius 1 is 1.07 bits per heavy atom. The largest absolute Gasteiger partial charge is 0.356 e. The summed E-state index contributed by atoms with van der Waals surface area (Å²) in [4.78, 5) is 16.5. The predicted octanol–water partition coefficient (Wildman–Crippen LogP) is 5.23. The summed E-state index contributed by atoms with van der Waals surface area (Å²) in [5.74, 6) is 1.22. The van der Waals surface area contributed by atoms with Crippen molar-refractivity contribution in [2.45, 2.75) is 65.3 Å².